The number of rotatable bonds is 9. The van der Waals surface area contributed by atoms with E-state index in [1.54, 1.807) is 12.1 Å². The van der Waals surface area contributed by atoms with Gasteiger partial charge in [-0.25, -0.2) is 0 Å². The average molecular weight is 1170 g/mol. The monoisotopic (exact) mass is 1170 g/mol. The predicted molar refractivity (Wildman–Crippen MR) is 307 cm³/mol. The molecule has 0 aliphatic carbocycles. The molecule has 0 spiro atoms. The molecule has 4 aromatic heterocycles. The molecule has 0 saturated carbocycles. The Kier molecular flexibility index (Phi) is 8.28. The minimum absolute atomic E-state index is 0.144. The molecule has 10 aromatic carbocycles. The van der Waals surface area contributed by atoms with Crippen LogP contribution in [0.5, 0.6) is 11.5 Å². The topological polar surface area (TPSA) is 45.1 Å². The molecule has 0 radical (unpaired) electrons. The number of imidazole rings is 1. The number of fused-ring (bicyclic) bond motifs is 8. The van der Waals surface area contributed by atoms with Crippen LogP contribution >= 0.6 is 0 Å². The summed E-state index contributed by atoms with van der Waals surface area (Å²) < 4.78 is 107. The molecule has 0 unspecified atom stereocenters. The Bertz CT molecular complexity index is 5100. The van der Waals surface area contributed by atoms with Gasteiger partial charge in [0.15, 0.2) is 0 Å². The number of hydrogen-bond acceptors (Lipinski definition) is 3. The van der Waals surface area contributed by atoms with Gasteiger partial charge in [-0.15, -0.1) is 0 Å². The summed E-state index contributed by atoms with van der Waals surface area (Å²) in [5.74, 6) is 1.87. The third-order valence-corrected chi connectivity index (χ3v) is 15.5. The van der Waals surface area contributed by atoms with Crippen LogP contribution in [0.2, 0.25) is 0 Å². The zero-order valence-corrected chi connectivity index (χ0v) is 42.6. The SMILES string of the molecule is [2H]c1c([2H])c([2H])c(-c2cc(-n3c4ccccc4c4ccccc43)cc(-c3c([2H])c([2H])c([2H])c([2H])c3[2H])c2-n2[c](=[Pt])n(-c3cccc(Oc4ccc5c6ccccc6n(-c6cc(N7CCc8ccccc87)ccn6)c5c4)c3)c3ccccc32)c([2H])c1[2H]. The molecular weight excluding hydrogens is 1110 g/mol. The second-order valence-corrected chi connectivity index (χ2v) is 19.7. The van der Waals surface area contributed by atoms with Crippen molar-refractivity contribution in [3.8, 4) is 56.6 Å². The number of aromatic nitrogens is 5. The van der Waals surface area contributed by atoms with Gasteiger partial charge in [0, 0.05) is 24.1 Å². The second-order valence-electron chi connectivity index (χ2n) is 18.7. The van der Waals surface area contributed by atoms with E-state index in [0.29, 0.717) is 37.7 Å². The van der Waals surface area contributed by atoms with Crippen molar-refractivity contribution in [2.24, 2.45) is 0 Å². The fourth-order valence-corrected chi connectivity index (χ4v) is 12.4. The molecular formula is C68H46N6OPt. The van der Waals surface area contributed by atoms with Crippen LogP contribution < -0.4 is 9.64 Å². The van der Waals surface area contributed by atoms with Crippen LogP contribution in [-0.2, 0) is 25.8 Å². The van der Waals surface area contributed by atoms with Crippen LogP contribution in [0, 0.1) is 3.80 Å². The zero-order chi connectivity index (χ0) is 59.0. The summed E-state index contributed by atoms with van der Waals surface area (Å²) in [5, 5.41) is 3.95. The molecule has 364 valence electrons. The van der Waals surface area contributed by atoms with Crippen LogP contribution in [0.15, 0.2) is 255 Å². The Balaban J connectivity index is 0.938. The minimum atomic E-state index is -0.579. The van der Waals surface area contributed by atoms with Gasteiger partial charge in [-0.3, -0.25) is 0 Å². The van der Waals surface area contributed by atoms with Crippen molar-refractivity contribution in [1.29, 1.82) is 0 Å². The van der Waals surface area contributed by atoms with E-state index in [1.807, 2.05) is 141 Å². The molecule has 1 aliphatic rings. The van der Waals surface area contributed by atoms with Crippen LogP contribution in [-0.4, -0.2) is 29.8 Å². The molecule has 15 rings (SSSR count). The van der Waals surface area contributed by atoms with Gasteiger partial charge < -0.3 is 4.90 Å². The van der Waals surface area contributed by atoms with Crippen molar-refractivity contribution < 1.29 is 37.8 Å². The maximum absolute atomic E-state index is 9.58. The summed E-state index contributed by atoms with van der Waals surface area (Å²) in [4.78, 5) is 7.29. The van der Waals surface area contributed by atoms with Gasteiger partial charge in [0.1, 0.15) is 0 Å². The van der Waals surface area contributed by atoms with Crippen LogP contribution in [0.3, 0.4) is 0 Å². The Labute approximate surface area is 463 Å². The molecule has 0 N–H and O–H groups in total. The maximum atomic E-state index is 9.58. The number of anilines is 2. The zero-order valence-electron chi connectivity index (χ0n) is 50.3. The first kappa shape index (κ1) is 35.0. The van der Waals surface area contributed by atoms with E-state index in [1.165, 1.54) is 11.3 Å². The molecule has 1 aliphatic heterocycles. The number of benzene rings is 10. The van der Waals surface area contributed by atoms with Crippen molar-refractivity contribution in [3.05, 3.63) is 264 Å². The normalized spacial score (nSPS) is 14.3. The van der Waals surface area contributed by atoms with Crippen molar-refractivity contribution in [3.63, 3.8) is 0 Å². The molecule has 7 nitrogen and oxygen atoms in total. The number of nitrogens with zero attached hydrogens (tertiary/aromatic N) is 6. The third-order valence-electron chi connectivity index (χ3n) is 14.5. The fraction of sp³-hybridized carbons (Fsp3) is 0.0294. The third kappa shape index (κ3) is 7.15. The van der Waals surface area contributed by atoms with E-state index in [-0.39, 0.29) is 27.9 Å². The van der Waals surface area contributed by atoms with Gasteiger partial charge in [0.25, 0.3) is 0 Å². The van der Waals surface area contributed by atoms with Crippen molar-refractivity contribution in [2.45, 2.75) is 6.42 Å². The van der Waals surface area contributed by atoms with Crippen LogP contribution in [0.25, 0.3) is 99.8 Å². The van der Waals surface area contributed by atoms with Crippen LogP contribution in [0.4, 0.5) is 11.4 Å². The molecule has 0 fully saturated rings. The van der Waals surface area contributed by atoms with Crippen molar-refractivity contribution >= 4 is 66.0 Å². The van der Waals surface area contributed by atoms with E-state index in [2.05, 4.69) is 83.4 Å². The van der Waals surface area contributed by atoms with Crippen molar-refractivity contribution in [2.75, 3.05) is 11.4 Å². The Hall–Kier alpha value is -9.29. The average Bonchev–Trinajstić information content (AvgIpc) is 1.43. The van der Waals surface area contributed by atoms with Gasteiger partial charge in [-0.05, 0) is 24.1 Å². The quantitative estimate of drug-likeness (QED) is 0.145. The summed E-state index contributed by atoms with van der Waals surface area (Å²) in [7, 11) is 0. The van der Waals surface area contributed by atoms with Gasteiger partial charge in [0.05, 0.1) is 0 Å². The van der Waals surface area contributed by atoms with Gasteiger partial charge in [-0.1, -0.05) is 30.3 Å². The number of pyridine rings is 1. The predicted octanol–water partition coefficient (Wildman–Crippen LogP) is 16.9. The van der Waals surface area contributed by atoms with E-state index in [9.17, 15) is 5.48 Å². The Morgan fingerprint density at radius 3 is 1.67 bits per heavy atom. The molecule has 0 atom stereocenters. The summed E-state index contributed by atoms with van der Waals surface area (Å²) in [6.07, 6.45) is 2.83. The summed E-state index contributed by atoms with van der Waals surface area (Å²) in [5.41, 5.74) is 9.71. The fourth-order valence-electron chi connectivity index (χ4n) is 11.3. The molecule has 0 saturated heterocycles. The van der Waals surface area contributed by atoms with E-state index >= 15 is 0 Å². The van der Waals surface area contributed by atoms with Crippen LogP contribution in [0.1, 0.15) is 19.3 Å². The standard InChI is InChI=1S/C68H46N6O.Pt/c1-3-18-46(19-4-1)58-41-51(73-61-29-12-8-25-54(61)55-26-9-13-30-62(55)73)42-59(47-20-5-2-6-21-47)68(58)72-45-71(64-32-15-16-33-65(64)72)49-23-17-24-52(40-49)75-53-34-35-57-56-27-10-14-31-63(56)74(66(57)44-53)67-43-50(36-38-69-67)70-39-37-48-22-7-11-28-60(48)70;/h1-36,38,40-44H,37,39H2;/i1D,2D,3D,4D,5D,6D,18D,19D,20D,21D;. The van der Waals surface area contributed by atoms with Gasteiger partial charge in [0.2, 0.25) is 0 Å². The molecule has 5 heterocycles. The van der Waals surface area contributed by atoms with Gasteiger partial charge >= 0.3 is 382 Å². The molecule has 14 aromatic rings. The number of hydrogen-bond donors (Lipinski definition) is 0. The Morgan fingerprint density at radius 2 is 1.00 bits per heavy atom. The number of para-hydroxylation sites is 6. The van der Waals surface area contributed by atoms with Gasteiger partial charge in [-0.2, -0.15) is 0 Å². The first-order chi connectivity index (χ1) is 41.8. The summed E-state index contributed by atoms with van der Waals surface area (Å²) >= 11 is 2.21. The number of ether oxygens (including phenoxy) is 1. The van der Waals surface area contributed by atoms with E-state index in [4.69, 9.17) is 17.9 Å². The molecule has 0 amide bonds. The summed E-state index contributed by atoms with van der Waals surface area (Å²) in [6.45, 7) is 0.870. The Morgan fingerprint density at radius 1 is 0.434 bits per heavy atom. The second kappa shape index (κ2) is 18.0. The van der Waals surface area contributed by atoms with Crippen molar-refractivity contribution in [1.82, 2.24) is 23.3 Å². The van der Waals surface area contributed by atoms with E-state index < -0.39 is 60.4 Å². The first-order valence-electron chi connectivity index (χ1n) is 29.9. The molecule has 76 heavy (non-hydrogen) atoms. The summed E-state index contributed by atoms with van der Waals surface area (Å²) in [6, 6.07) is 56.2. The molecule has 0 bridgehead atoms. The molecule has 8 heteroatoms. The first-order valence-corrected chi connectivity index (χ1v) is 26.0. The van der Waals surface area contributed by atoms with E-state index in [0.717, 1.165) is 68.1 Å².